The highest BCUT2D eigenvalue weighted by Gasteiger charge is 2.49. The lowest BCUT2D eigenvalue weighted by molar-refractivity contribution is -0.339. The smallest absolute Gasteiger partial charge is 0.326 e. The number of hydrogen-bond acceptors (Lipinski definition) is 9. The zero-order chi connectivity index (χ0) is 26.0. The minimum atomic E-state index is -1.61. The Morgan fingerprint density at radius 1 is 1.17 bits per heavy atom. The summed E-state index contributed by atoms with van der Waals surface area (Å²) in [6, 6.07) is 8.02. The summed E-state index contributed by atoms with van der Waals surface area (Å²) in [4.78, 5) is 26.7. The van der Waals surface area contributed by atoms with Gasteiger partial charge in [0.25, 0.3) is 5.91 Å². The molecule has 1 amide bonds. The second-order valence-electron chi connectivity index (χ2n) is 9.16. The number of carboxylic acids is 1. The van der Waals surface area contributed by atoms with E-state index in [1.54, 1.807) is 6.08 Å². The fourth-order valence-electron chi connectivity index (χ4n) is 4.99. The maximum Gasteiger partial charge on any atom is 0.326 e. The first-order chi connectivity index (χ1) is 17.3. The summed E-state index contributed by atoms with van der Waals surface area (Å²) in [6.07, 6.45) is -4.99. The number of carbonyl (C=O) groups is 2. The van der Waals surface area contributed by atoms with Crippen molar-refractivity contribution >= 4 is 11.9 Å². The number of ether oxygens (including phenoxy) is 3. The molecule has 2 saturated heterocycles. The van der Waals surface area contributed by atoms with E-state index in [1.165, 1.54) is 11.2 Å². The van der Waals surface area contributed by atoms with Gasteiger partial charge in [-0.15, -0.1) is 6.58 Å². The first kappa shape index (κ1) is 26.3. The molecular formula is C25H31NO10. The van der Waals surface area contributed by atoms with E-state index in [0.717, 1.165) is 5.56 Å². The van der Waals surface area contributed by atoms with E-state index in [0.29, 0.717) is 12.0 Å². The second-order valence-corrected chi connectivity index (χ2v) is 9.16. The van der Waals surface area contributed by atoms with Gasteiger partial charge in [-0.2, -0.15) is 0 Å². The molecule has 9 atom stereocenters. The number of carboxylic acid groups (broad SMARTS) is 1. The van der Waals surface area contributed by atoms with Gasteiger partial charge < -0.3 is 44.6 Å². The lowest BCUT2D eigenvalue weighted by atomic mass is 9.78. The number of likely N-dealkylation sites (tertiary alicyclic amines) is 1. The van der Waals surface area contributed by atoms with Crippen molar-refractivity contribution in [3.63, 3.8) is 0 Å². The van der Waals surface area contributed by atoms with Crippen LogP contribution in [-0.2, 0) is 30.2 Å². The zero-order valence-electron chi connectivity index (χ0n) is 19.5. The Labute approximate surface area is 207 Å². The minimum Gasteiger partial charge on any atom is -0.480 e. The van der Waals surface area contributed by atoms with Crippen LogP contribution in [0.1, 0.15) is 12.0 Å². The molecule has 0 spiro atoms. The fraction of sp³-hybridized carbons (Fsp3) is 0.520. The van der Waals surface area contributed by atoms with Crippen LogP contribution in [0, 0.1) is 11.8 Å². The number of benzene rings is 1. The molecule has 0 saturated carbocycles. The molecule has 0 bridgehead atoms. The Hall–Kier alpha value is -2.80. The monoisotopic (exact) mass is 505 g/mol. The van der Waals surface area contributed by atoms with Gasteiger partial charge in [-0.3, -0.25) is 4.79 Å². The van der Waals surface area contributed by atoms with Crippen LogP contribution in [0.5, 0.6) is 0 Å². The third kappa shape index (κ3) is 5.03. The number of aliphatic hydroxyl groups excluding tert-OH is 4. The highest BCUT2D eigenvalue weighted by molar-refractivity contribution is 5.97. The molecule has 3 aliphatic rings. The maximum atomic E-state index is 13.4. The SMILES string of the molecule is C=C[C@H]1[C@H](O[C@@H]2O[C@H](CO)[C@@H](O)[C@H](O)[C@H]2O)OC=C2C(=O)N([C@@H](Cc3ccccc3)C(=O)O)CC[C@H]21. The first-order valence-electron chi connectivity index (χ1n) is 11.8. The van der Waals surface area contributed by atoms with Crippen LogP contribution in [0.4, 0.5) is 0 Å². The van der Waals surface area contributed by atoms with Gasteiger partial charge in [-0.05, 0) is 12.0 Å². The van der Waals surface area contributed by atoms with Crippen LogP contribution in [-0.4, -0.2) is 98.5 Å². The molecular weight excluding hydrogens is 474 g/mol. The van der Waals surface area contributed by atoms with Crippen molar-refractivity contribution in [1.82, 2.24) is 4.90 Å². The molecule has 196 valence electrons. The summed E-state index contributed by atoms with van der Waals surface area (Å²) in [7, 11) is 0. The average Bonchev–Trinajstić information content (AvgIpc) is 2.88. The summed E-state index contributed by atoms with van der Waals surface area (Å²) >= 11 is 0. The largest absolute Gasteiger partial charge is 0.480 e. The Kier molecular flexibility index (Phi) is 8.08. The van der Waals surface area contributed by atoms with Gasteiger partial charge in [0.2, 0.25) is 6.29 Å². The van der Waals surface area contributed by atoms with E-state index < -0.39 is 67.4 Å². The molecule has 36 heavy (non-hydrogen) atoms. The fourth-order valence-corrected chi connectivity index (χ4v) is 4.99. The van der Waals surface area contributed by atoms with Gasteiger partial charge in [0, 0.05) is 24.8 Å². The van der Waals surface area contributed by atoms with Gasteiger partial charge in [0.05, 0.1) is 18.4 Å². The standard InChI is InChI=1S/C25H31NO10/c1-2-14-15-8-9-26(17(23(32)33)10-13-6-4-3-5-7-13)22(31)16(15)12-34-24(14)36-25-21(30)20(29)19(28)18(11-27)35-25/h2-7,12,14-15,17-21,24-25,27-30H,1,8-11H2,(H,32,33)/t14-,15+,17+,18-,19-,20+,21-,24+,25+/m1/s1. The maximum absolute atomic E-state index is 13.4. The Bertz CT molecular complexity index is 982. The van der Waals surface area contributed by atoms with E-state index in [1.807, 2.05) is 30.3 Å². The molecule has 3 heterocycles. The number of fused-ring (bicyclic) bond motifs is 1. The summed E-state index contributed by atoms with van der Waals surface area (Å²) in [6.45, 7) is 3.41. The summed E-state index contributed by atoms with van der Waals surface area (Å²) in [5, 5.41) is 49.6. The quantitative estimate of drug-likeness (QED) is 0.288. The molecule has 11 nitrogen and oxygen atoms in total. The van der Waals surface area contributed by atoms with E-state index in [9.17, 15) is 35.1 Å². The Morgan fingerprint density at radius 2 is 1.89 bits per heavy atom. The zero-order valence-corrected chi connectivity index (χ0v) is 19.5. The summed E-state index contributed by atoms with van der Waals surface area (Å²) in [5.41, 5.74) is 1.09. The lowest BCUT2D eigenvalue weighted by Gasteiger charge is -2.45. The van der Waals surface area contributed by atoms with Crippen molar-refractivity contribution in [2.45, 2.75) is 55.9 Å². The molecule has 11 heteroatoms. The number of nitrogens with zero attached hydrogens (tertiary/aromatic N) is 1. The molecule has 0 unspecified atom stereocenters. The van der Waals surface area contributed by atoms with Crippen LogP contribution in [0.15, 0.2) is 54.8 Å². The first-order valence-corrected chi connectivity index (χ1v) is 11.8. The van der Waals surface area contributed by atoms with Gasteiger partial charge >= 0.3 is 5.97 Å². The van der Waals surface area contributed by atoms with Crippen molar-refractivity contribution in [1.29, 1.82) is 0 Å². The van der Waals surface area contributed by atoms with Crippen LogP contribution in [0.25, 0.3) is 0 Å². The number of amides is 1. The van der Waals surface area contributed by atoms with Gasteiger partial charge in [0.15, 0.2) is 6.29 Å². The van der Waals surface area contributed by atoms with Crippen molar-refractivity contribution in [3.8, 4) is 0 Å². The molecule has 2 fully saturated rings. The summed E-state index contributed by atoms with van der Waals surface area (Å²) in [5.74, 6) is -2.50. The summed E-state index contributed by atoms with van der Waals surface area (Å²) < 4.78 is 16.8. The minimum absolute atomic E-state index is 0.161. The predicted molar refractivity (Wildman–Crippen MR) is 123 cm³/mol. The predicted octanol–water partition coefficient (Wildman–Crippen LogP) is -0.610. The molecule has 1 aromatic carbocycles. The highest BCUT2D eigenvalue weighted by Crippen LogP contribution is 2.40. The second kappa shape index (κ2) is 11.1. The van der Waals surface area contributed by atoms with Crippen molar-refractivity contribution in [3.05, 3.63) is 60.4 Å². The van der Waals surface area contributed by atoms with Crippen LogP contribution in [0.2, 0.25) is 0 Å². The van der Waals surface area contributed by atoms with E-state index in [4.69, 9.17) is 14.2 Å². The third-order valence-electron chi connectivity index (χ3n) is 7.02. The van der Waals surface area contributed by atoms with Crippen LogP contribution >= 0.6 is 0 Å². The molecule has 0 aromatic heterocycles. The normalized spacial score (nSPS) is 35.3. The Balaban J connectivity index is 1.50. The number of piperidine rings is 1. The molecule has 5 N–H and O–H groups in total. The Morgan fingerprint density at radius 3 is 2.53 bits per heavy atom. The number of carbonyl (C=O) groups excluding carboxylic acids is 1. The van der Waals surface area contributed by atoms with Crippen LogP contribution in [0.3, 0.4) is 0 Å². The van der Waals surface area contributed by atoms with E-state index in [2.05, 4.69) is 6.58 Å². The van der Waals surface area contributed by atoms with Crippen molar-refractivity contribution in [2.24, 2.45) is 11.8 Å². The van der Waals surface area contributed by atoms with Crippen molar-refractivity contribution < 1.29 is 49.3 Å². The molecule has 0 radical (unpaired) electrons. The molecule has 1 aromatic rings. The number of rotatable bonds is 8. The van der Waals surface area contributed by atoms with E-state index in [-0.39, 0.29) is 18.9 Å². The molecule has 0 aliphatic carbocycles. The number of hydrogen-bond donors (Lipinski definition) is 5. The van der Waals surface area contributed by atoms with E-state index >= 15 is 0 Å². The highest BCUT2D eigenvalue weighted by atomic mass is 16.8. The van der Waals surface area contributed by atoms with Gasteiger partial charge in [-0.25, -0.2) is 4.79 Å². The van der Waals surface area contributed by atoms with Gasteiger partial charge in [0.1, 0.15) is 30.5 Å². The number of aliphatic carboxylic acids is 1. The third-order valence-corrected chi connectivity index (χ3v) is 7.02. The topological polar surface area (TPSA) is 166 Å². The molecule has 4 rings (SSSR count). The van der Waals surface area contributed by atoms with Crippen molar-refractivity contribution in [2.75, 3.05) is 13.2 Å². The average molecular weight is 506 g/mol. The molecule has 3 aliphatic heterocycles. The van der Waals surface area contributed by atoms with Crippen LogP contribution < -0.4 is 0 Å². The number of aliphatic hydroxyl groups is 4. The van der Waals surface area contributed by atoms with Gasteiger partial charge in [-0.1, -0.05) is 36.4 Å². The lowest BCUT2D eigenvalue weighted by Crippen LogP contribution is -2.60.